The van der Waals surface area contributed by atoms with Crippen LogP contribution in [0.15, 0.2) is 18.2 Å². The Balaban J connectivity index is 1.27. The topological polar surface area (TPSA) is 40.6 Å². The maximum Gasteiger partial charge on any atom is 0.253 e. The van der Waals surface area contributed by atoms with E-state index in [0.717, 1.165) is 50.0 Å². The van der Waals surface area contributed by atoms with E-state index in [1.165, 1.54) is 19.3 Å². The van der Waals surface area contributed by atoms with Gasteiger partial charge in [-0.25, -0.2) is 0 Å². The molecule has 1 aromatic rings. The van der Waals surface area contributed by atoms with E-state index in [1.54, 1.807) is 18.2 Å². The molecular weight excluding hydrogens is 407 g/mol. The van der Waals surface area contributed by atoms with Crippen molar-refractivity contribution in [1.82, 2.24) is 9.80 Å². The van der Waals surface area contributed by atoms with Gasteiger partial charge >= 0.3 is 0 Å². The van der Waals surface area contributed by atoms with Gasteiger partial charge in [-0.2, -0.15) is 0 Å². The molecule has 0 radical (unpaired) electrons. The highest BCUT2D eigenvalue weighted by Crippen LogP contribution is 2.60. The molecule has 4 saturated carbocycles. The summed E-state index contributed by atoms with van der Waals surface area (Å²) in [5.41, 5.74) is 0.456. The van der Waals surface area contributed by atoms with Crippen LogP contribution in [0, 0.1) is 23.2 Å². The summed E-state index contributed by atoms with van der Waals surface area (Å²) in [7, 11) is 0. The van der Waals surface area contributed by atoms with Crippen LogP contribution in [0.1, 0.15) is 55.3 Å². The normalized spacial score (nSPS) is 33.7. The number of hydrogen-bond donors (Lipinski definition) is 0. The van der Waals surface area contributed by atoms with Gasteiger partial charge in [-0.15, -0.1) is 0 Å². The van der Waals surface area contributed by atoms with Crippen LogP contribution in [-0.4, -0.2) is 47.8 Å². The lowest BCUT2D eigenvalue weighted by molar-refractivity contribution is -0.157. The quantitative estimate of drug-likeness (QED) is 0.664. The number of benzene rings is 1. The highest BCUT2D eigenvalue weighted by molar-refractivity contribution is 6.42. The summed E-state index contributed by atoms with van der Waals surface area (Å²) < 4.78 is 0. The minimum absolute atomic E-state index is 0.0346. The molecular formula is C23H28Cl2N2O2. The van der Waals surface area contributed by atoms with Gasteiger partial charge in [0.15, 0.2) is 0 Å². The number of amides is 2. The van der Waals surface area contributed by atoms with Crippen molar-refractivity contribution in [3.8, 4) is 0 Å². The summed E-state index contributed by atoms with van der Waals surface area (Å²) in [5, 5.41) is 0.845. The Morgan fingerprint density at radius 3 is 2.03 bits per heavy atom. The molecule has 1 heterocycles. The van der Waals surface area contributed by atoms with Crippen LogP contribution in [0.2, 0.25) is 10.0 Å². The van der Waals surface area contributed by atoms with Crippen LogP contribution in [0.5, 0.6) is 0 Å². The monoisotopic (exact) mass is 434 g/mol. The Kier molecular flexibility index (Phi) is 5.06. The fourth-order valence-corrected chi connectivity index (χ4v) is 7.14. The average molecular weight is 435 g/mol. The van der Waals surface area contributed by atoms with E-state index in [4.69, 9.17) is 23.2 Å². The summed E-state index contributed by atoms with van der Waals surface area (Å²) >= 11 is 12.1. The van der Waals surface area contributed by atoms with Crippen LogP contribution in [0.3, 0.4) is 0 Å². The predicted molar refractivity (Wildman–Crippen MR) is 114 cm³/mol. The van der Waals surface area contributed by atoms with E-state index in [2.05, 4.69) is 4.90 Å². The maximum absolute atomic E-state index is 13.6. The molecule has 0 N–H and O–H groups in total. The van der Waals surface area contributed by atoms with Gasteiger partial charge in [0, 0.05) is 31.7 Å². The van der Waals surface area contributed by atoms with Crippen molar-refractivity contribution in [3.05, 3.63) is 33.8 Å². The molecule has 4 bridgehead atoms. The second-order valence-corrected chi connectivity index (χ2v) is 10.6. The molecule has 5 fully saturated rings. The molecule has 4 aliphatic carbocycles. The second kappa shape index (κ2) is 7.46. The first-order valence-corrected chi connectivity index (χ1v) is 11.7. The van der Waals surface area contributed by atoms with E-state index in [9.17, 15) is 9.59 Å². The highest BCUT2D eigenvalue weighted by atomic mass is 35.5. The predicted octanol–water partition coefficient (Wildman–Crippen LogP) is 4.88. The Morgan fingerprint density at radius 2 is 1.41 bits per heavy atom. The van der Waals surface area contributed by atoms with Gasteiger partial charge in [0.2, 0.25) is 5.91 Å². The third kappa shape index (κ3) is 3.57. The molecule has 2 amide bonds. The smallest absolute Gasteiger partial charge is 0.253 e. The number of carbonyl (C=O) groups is 2. The van der Waals surface area contributed by atoms with Gasteiger partial charge in [-0.3, -0.25) is 9.59 Å². The van der Waals surface area contributed by atoms with Crippen LogP contribution < -0.4 is 0 Å². The zero-order chi connectivity index (χ0) is 20.2. The Labute approximate surface area is 182 Å². The summed E-state index contributed by atoms with van der Waals surface area (Å²) in [6.45, 7) is 2.64. The minimum atomic E-state index is -0.0996. The molecule has 1 aliphatic heterocycles. The summed E-state index contributed by atoms with van der Waals surface area (Å²) in [5.74, 6) is 2.65. The fourth-order valence-electron chi connectivity index (χ4n) is 6.84. The van der Waals surface area contributed by atoms with Crippen LogP contribution in [0.4, 0.5) is 0 Å². The van der Waals surface area contributed by atoms with Crippen molar-refractivity contribution in [2.75, 3.05) is 26.2 Å². The van der Waals surface area contributed by atoms with E-state index >= 15 is 0 Å². The van der Waals surface area contributed by atoms with Crippen molar-refractivity contribution >= 4 is 35.0 Å². The first kappa shape index (κ1) is 19.7. The largest absolute Gasteiger partial charge is 0.340 e. The lowest BCUT2D eigenvalue weighted by Crippen LogP contribution is -2.55. The fraction of sp³-hybridized carbons (Fsp3) is 0.652. The Hall–Kier alpha value is -1.26. The van der Waals surface area contributed by atoms with Crippen molar-refractivity contribution in [2.45, 2.75) is 44.9 Å². The molecule has 6 rings (SSSR count). The molecule has 4 nitrogen and oxygen atoms in total. The van der Waals surface area contributed by atoms with E-state index in [-0.39, 0.29) is 11.3 Å². The minimum Gasteiger partial charge on any atom is -0.340 e. The van der Waals surface area contributed by atoms with Gasteiger partial charge in [0.25, 0.3) is 5.91 Å². The standard InChI is InChI=1S/C23H28Cl2N2O2/c24-19-3-2-18(11-20(19)25)21(28)26-4-1-5-27(7-6-26)22(29)23-12-15-8-16(13-23)10-17(9-15)14-23/h2-3,11,15-17H,1,4-10,12-14H2. The Morgan fingerprint density at radius 1 is 0.828 bits per heavy atom. The zero-order valence-electron chi connectivity index (χ0n) is 16.7. The third-order valence-corrected chi connectivity index (χ3v) is 8.47. The number of halogens is 2. The van der Waals surface area contributed by atoms with Crippen molar-refractivity contribution in [1.29, 1.82) is 0 Å². The van der Waals surface area contributed by atoms with Gasteiger partial charge in [-0.05, 0) is 80.9 Å². The van der Waals surface area contributed by atoms with Crippen molar-refractivity contribution in [3.63, 3.8) is 0 Å². The summed E-state index contributed by atoms with van der Waals surface area (Å²) in [6.07, 6.45) is 8.15. The molecule has 6 heteroatoms. The van der Waals surface area contributed by atoms with Crippen LogP contribution in [0.25, 0.3) is 0 Å². The van der Waals surface area contributed by atoms with E-state index in [1.807, 2.05) is 4.90 Å². The molecule has 156 valence electrons. The number of hydrogen-bond acceptors (Lipinski definition) is 2. The first-order valence-electron chi connectivity index (χ1n) is 11.0. The Bertz CT molecular complexity index is 805. The van der Waals surface area contributed by atoms with E-state index < -0.39 is 0 Å². The van der Waals surface area contributed by atoms with Crippen LogP contribution in [-0.2, 0) is 4.79 Å². The summed E-state index contributed by atoms with van der Waals surface area (Å²) in [6, 6.07) is 5.02. The molecule has 0 atom stereocenters. The van der Waals surface area contributed by atoms with Gasteiger partial charge in [0.05, 0.1) is 15.5 Å². The molecule has 29 heavy (non-hydrogen) atoms. The molecule has 0 unspecified atom stereocenters. The first-order chi connectivity index (χ1) is 13.9. The molecule has 1 aromatic carbocycles. The lowest BCUT2D eigenvalue weighted by Gasteiger charge is -2.56. The van der Waals surface area contributed by atoms with Crippen molar-refractivity contribution < 1.29 is 9.59 Å². The number of carbonyl (C=O) groups excluding carboxylic acids is 2. The molecule has 0 spiro atoms. The summed E-state index contributed by atoms with van der Waals surface area (Å²) in [4.78, 5) is 30.5. The van der Waals surface area contributed by atoms with Gasteiger partial charge in [0.1, 0.15) is 0 Å². The SMILES string of the molecule is O=C(c1ccc(Cl)c(Cl)c1)N1CCCN(C(=O)C23CC4CC(CC(C4)C2)C3)CC1. The van der Waals surface area contributed by atoms with E-state index in [0.29, 0.717) is 41.2 Å². The lowest BCUT2D eigenvalue weighted by atomic mass is 9.49. The maximum atomic E-state index is 13.6. The molecule has 5 aliphatic rings. The van der Waals surface area contributed by atoms with Gasteiger partial charge in [-0.1, -0.05) is 23.2 Å². The average Bonchev–Trinajstić information content (AvgIpc) is 2.94. The second-order valence-electron chi connectivity index (χ2n) is 9.76. The molecule has 0 aromatic heterocycles. The number of rotatable bonds is 2. The molecule has 1 saturated heterocycles. The number of nitrogens with zero attached hydrogens (tertiary/aromatic N) is 2. The van der Waals surface area contributed by atoms with Gasteiger partial charge < -0.3 is 9.80 Å². The van der Waals surface area contributed by atoms with Crippen LogP contribution >= 0.6 is 23.2 Å². The zero-order valence-corrected chi connectivity index (χ0v) is 18.2. The highest BCUT2D eigenvalue weighted by Gasteiger charge is 2.55. The third-order valence-electron chi connectivity index (χ3n) is 7.73. The van der Waals surface area contributed by atoms with Crippen molar-refractivity contribution in [2.24, 2.45) is 23.2 Å².